The molecule has 1 atom stereocenters. The van der Waals surface area contributed by atoms with Crippen molar-refractivity contribution in [2.45, 2.75) is 18.3 Å². The number of fused-ring (bicyclic) bond motifs is 13. The molecule has 12 rings (SSSR count). The molecule has 10 aromatic rings. The standard InChI is InChI=1S/C54H37N3O/c55-53(56-51-40-21-8-12-28-48(40)58-49(51)32-35-17-5-2-6-18-35)37-29-30-42-41(33-37)50-36(31-34-15-3-1-4-16-34)19-13-24-44(50)54(42)43-23-9-11-27-47(43)57-46-26-10-7-20-38(46)39-22-14-25-45(54)52(39)57/h1-30,33H,31-32H2,(H2,55,56). The Morgan fingerprint density at radius 1 is 0.552 bits per heavy atom. The number of rotatable bonds is 6. The van der Waals surface area contributed by atoms with Gasteiger partial charge < -0.3 is 14.7 Å². The van der Waals surface area contributed by atoms with Crippen LogP contribution in [0.3, 0.4) is 0 Å². The molecule has 1 unspecified atom stereocenters. The summed E-state index contributed by atoms with van der Waals surface area (Å²) in [5.41, 5.74) is 24.0. The molecule has 1 aliphatic heterocycles. The average Bonchev–Trinajstić information content (AvgIpc) is 3.90. The highest BCUT2D eigenvalue weighted by molar-refractivity contribution is 6.13. The van der Waals surface area contributed by atoms with Crippen molar-refractivity contribution < 1.29 is 4.42 Å². The number of amidine groups is 1. The van der Waals surface area contributed by atoms with E-state index in [2.05, 4.69) is 168 Å². The zero-order chi connectivity index (χ0) is 38.4. The minimum Gasteiger partial charge on any atom is -0.458 e. The smallest absolute Gasteiger partial charge is 0.136 e. The van der Waals surface area contributed by atoms with Gasteiger partial charge >= 0.3 is 0 Å². The highest BCUT2D eigenvalue weighted by atomic mass is 16.3. The fraction of sp³-hybridized carbons (Fsp3) is 0.0556. The van der Waals surface area contributed by atoms with Gasteiger partial charge in [-0.3, -0.25) is 0 Å². The molecule has 274 valence electrons. The highest BCUT2D eigenvalue weighted by Crippen LogP contribution is 2.61. The quantitative estimate of drug-likeness (QED) is 0.136. The van der Waals surface area contributed by atoms with Crippen LogP contribution in [0, 0.1) is 0 Å². The molecule has 2 aromatic heterocycles. The summed E-state index contributed by atoms with van der Waals surface area (Å²) in [5, 5.41) is 3.48. The Bertz CT molecular complexity index is 3300. The summed E-state index contributed by atoms with van der Waals surface area (Å²) in [6, 6.07) is 67.7. The maximum absolute atomic E-state index is 7.13. The summed E-state index contributed by atoms with van der Waals surface area (Å²) < 4.78 is 8.95. The third-order valence-electron chi connectivity index (χ3n) is 12.5. The molecular formula is C54H37N3O. The van der Waals surface area contributed by atoms with E-state index in [4.69, 9.17) is 15.1 Å². The summed E-state index contributed by atoms with van der Waals surface area (Å²) >= 11 is 0. The molecule has 4 nitrogen and oxygen atoms in total. The number of nitrogens with zero attached hydrogens (tertiary/aromatic N) is 2. The normalized spacial score (nSPS) is 15.3. The van der Waals surface area contributed by atoms with Gasteiger partial charge in [-0.1, -0.05) is 158 Å². The molecule has 58 heavy (non-hydrogen) atoms. The first kappa shape index (κ1) is 32.8. The largest absolute Gasteiger partial charge is 0.458 e. The Kier molecular flexibility index (Phi) is 7.09. The van der Waals surface area contributed by atoms with Gasteiger partial charge in [-0.25, -0.2) is 4.99 Å². The third-order valence-corrected chi connectivity index (χ3v) is 12.5. The number of furan rings is 1. The molecule has 8 aromatic carbocycles. The molecule has 0 amide bonds. The lowest BCUT2D eigenvalue weighted by molar-refractivity contribution is 0.564. The van der Waals surface area contributed by atoms with Crippen molar-refractivity contribution >= 4 is 44.3 Å². The second kappa shape index (κ2) is 12.5. The molecule has 4 heteroatoms. The minimum atomic E-state index is -0.564. The van der Waals surface area contributed by atoms with Gasteiger partial charge in [0.1, 0.15) is 22.9 Å². The van der Waals surface area contributed by atoms with Crippen molar-refractivity contribution in [2.75, 3.05) is 0 Å². The lowest BCUT2D eigenvalue weighted by Gasteiger charge is -2.39. The van der Waals surface area contributed by atoms with E-state index >= 15 is 0 Å². The maximum atomic E-state index is 7.13. The van der Waals surface area contributed by atoms with E-state index in [0.717, 1.165) is 40.0 Å². The first-order valence-electron chi connectivity index (χ1n) is 20.0. The van der Waals surface area contributed by atoms with E-state index in [1.54, 1.807) is 0 Å². The van der Waals surface area contributed by atoms with Gasteiger partial charge in [0.2, 0.25) is 0 Å². The van der Waals surface area contributed by atoms with Crippen LogP contribution in [0.15, 0.2) is 197 Å². The highest BCUT2D eigenvalue weighted by Gasteiger charge is 2.51. The van der Waals surface area contributed by atoms with Crippen LogP contribution in [0.25, 0.3) is 49.6 Å². The Morgan fingerprint density at radius 2 is 1.21 bits per heavy atom. The zero-order valence-corrected chi connectivity index (χ0v) is 31.7. The molecule has 3 heterocycles. The van der Waals surface area contributed by atoms with Crippen LogP contribution in [0.4, 0.5) is 5.69 Å². The lowest BCUT2D eigenvalue weighted by Crippen LogP contribution is -2.33. The predicted molar refractivity (Wildman–Crippen MR) is 237 cm³/mol. The van der Waals surface area contributed by atoms with Crippen molar-refractivity contribution in [3.63, 3.8) is 0 Å². The molecule has 0 fully saturated rings. The molecule has 0 saturated carbocycles. The Balaban J connectivity index is 1.12. The van der Waals surface area contributed by atoms with E-state index in [0.29, 0.717) is 12.3 Å². The van der Waals surface area contributed by atoms with Gasteiger partial charge in [-0.2, -0.15) is 0 Å². The van der Waals surface area contributed by atoms with E-state index < -0.39 is 5.41 Å². The van der Waals surface area contributed by atoms with Crippen LogP contribution >= 0.6 is 0 Å². The predicted octanol–water partition coefficient (Wildman–Crippen LogP) is 12.4. The molecule has 2 aliphatic rings. The summed E-state index contributed by atoms with van der Waals surface area (Å²) in [7, 11) is 0. The molecule has 1 aliphatic carbocycles. The van der Waals surface area contributed by atoms with Crippen molar-refractivity contribution in [3.8, 4) is 16.8 Å². The monoisotopic (exact) mass is 743 g/mol. The SMILES string of the molecule is NC(=Nc1c(Cc2ccccc2)oc2ccccc12)c1ccc2c(c1)-c1c(Cc3ccccc3)cccc1C21c2ccccc2-n2c3ccccc3c3cccc1c32. The van der Waals surface area contributed by atoms with E-state index in [-0.39, 0.29) is 0 Å². The molecule has 0 bridgehead atoms. The lowest BCUT2D eigenvalue weighted by atomic mass is 9.65. The van der Waals surface area contributed by atoms with E-state index in [9.17, 15) is 0 Å². The molecule has 1 spiro atoms. The number of aliphatic imine (C=N–C) groups is 1. The molecule has 0 radical (unpaired) electrons. The van der Waals surface area contributed by atoms with Crippen molar-refractivity contribution in [3.05, 3.63) is 238 Å². The first-order chi connectivity index (χ1) is 28.7. The Morgan fingerprint density at radius 3 is 2.05 bits per heavy atom. The Labute approximate surface area is 336 Å². The fourth-order valence-electron chi connectivity index (χ4n) is 10.2. The summed E-state index contributed by atoms with van der Waals surface area (Å²) in [4.78, 5) is 5.21. The summed E-state index contributed by atoms with van der Waals surface area (Å²) in [5.74, 6) is 1.26. The number of benzene rings is 8. The van der Waals surface area contributed by atoms with Gasteiger partial charge in [0.05, 0.1) is 22.1 Å². The summed E-state index contributed by atoms with van der Waals surface area (Å²) in [6.07, 6.45) is 1.43. The maximum Gasteiger partial charge on any atom is 0.136 e. The second-order valence-electron chi connectivity index (χ2n) is 15.6. The Hall–Kier alpha value is -7.43. The van der Waals surface area contributed by atoms with Gasteiger partial charge in [-0.15, -0.1) is 0 Å². The van der Waals surface area contributed by atoms with Crippen LogP contribution in [0.1, 0.15) is 50.3 Å². The fourth-order valence-corrected chi connectivity index (χ4v) is 10.2. The third kappa shape index (κ3) is 4.60. The van der Waals surface area contributed by atoms with E-state index in [1.165, 1.54) is 72.0 Å². The number of aromatic nitrogens is 1. The molecule has 0 saturated heterocycles. The first-order valence-corrected chi connectivity index (χ1v) is 20.0. The second-order valence-corrected chi connectivity index (χ2v) is 15.6. The molecular weight excluding hydrogens is 707 g/mol. The summed E-state index contributed by atoms with van der Waals surface area (Å²) in [6.45, 7) is 0. The van der Waals surface area contributed by atoms with Gasteiger partial charge in [-0.05, 0) is 86.8 Å². The van der Waals surface area contributed by atoms with Gasteiger partial charge in [0.15, 0.2) is 0 Å². The van der Waals surface area contributed by atoms with Gasteiger partial charge in [0.25, 0.3) is 0 Å². The van der Waals surface area contributed by atoms with Gasteiger partial charge in [0, 0.05) is 28.1 Å². The van der Waals surface area contributed by atoms with Crippen LogP contribution < -0.4 is 5.73 Å². The minimum absolute atomic E-state index is 0.456. The van der Waals surface area contributed by atoms with Crippen LogP contribution in [-0.2, 0) is 18.3 Å². The number of hydrogen-bond acceptors (Lipinski definition) is 2. The van der Waals surface area contributed by atoms with E-state index in [1.807, 2.05) is 24.3 Å². The van der Waals surface area contributed by atoms with Crippen molar-refractivity contribution in [1.29, 1.82) is 0 Å². The van der Waals surface area contributed by atoms with Crippen LogP contribution in [0.2, 0.25) is 0 Å². The van der Waals surface area contributed by atoms with Crippen LogP contribution in [0.5, 0.6) is 0 Å². The van der Waals surface area contributed by atoms with Crippen molar-refractivity contribution in [1.82, 2.24) is 4.57 Å². The number of hydrogen-bond donors (Lipinski definition) is 1. The topological polar surface area (TPSA) is 56.4 Å². The number of para-hydroxylation sites is 4. The van der Waals surface area contributed by atoms with Crippen molar-refractivity contribution in [2.24, 2.45) is 10.7 Å². The zero-order valence-electron chi connectivity index (χ0n) is 31.7. The average molecular weight is 744 g/mol. The van der Waals surface area contributed by atoms with Crippen LogP contribution in [-0.4, -0.2) is 10.4 Å². The number of nitrogens with two attached hydrogens (primary N) is 1. The molecule has 2 N–H and O–H groups in total.